The fraction of sp³-hybridized carbons (Fsp3) is 0.632. The third-order valence-electron chi connectivity index (χ3n) is 4.85. The van der Waals surface area contributed by atoms with Gasteiger partial charge in [0, 0.05) is 17.6 Å². The molecule has 2 aliphatic rings. The van der Waals surface area contributed by atoms with Crippen LogP contribution in [0.5, 0.6) is 0 Å². The van der Waals surface area contributed by atoms with Crippen molar-refractivity contribution in [2.45, 2.75) is 46.5 Å². The molecule has 1 saturated heterocycles. The molecule has 1 unspecified atom stereocenters. The van der Waals surface area contributed by atoms with E-state index in [4.69, 9.17) is 0 Å². The van der Waals surface area contributed by atoms with Crippen molar-refractivity contribution in [1.29, 1.82) is 0 Å². The van der Waals surface area contributed by atoms with Crippen LogP contribution in [0.15, 0.2) is 18.2 Å². The highest BCUT2D eigenvalue weighted by atomic mass is 16.2. The number of amides is 1. The SMILES string of the molecule is CC(C)(C)C(=O)N1CCc2cc(CC3CCCNC3)ccc21. The molecule has 0 bridgehead atoms. The lowest BCUT2D eigenvalue weighted by Crippen LogP contribution is -2.38. The number of nitrogens with one attached hydrogen (secondary N) is 1. The predicted molar refractivity (Wildman–Crippen MR) is 91.3 cm³/mol. The van der Waals surface area contributed by atoms with Gasteiger partial charge in [0.05, 0.1) is 0 Å². The molecule has 0 radical (unpaired) electrons. The van der Waals surface area contributed by atoms with Gasteiger partial charge in [0.15, 0.2) is 0 Å². The van der Waals surface area contributed by atoms with E-state index in [1.54, 1.807) is 0 Å². The lowest BCUT2D eigenvalue weighted by molar-refractivity contribution is -0.125. The molecule has 1 amide bonds. The Kier molecular flexibility index (Phi) is 4.26. The molecule has 22 heavy (non-hydrogen) atoms. The zero-order valence-electron chi connectivity index (χ0n) is 14.1. The number of piperidine rings is 1. The van der Waals surface area contributed by atoms with Gasteiger partial charge in [-0.05, 0) is 61.9 Å². The molecule has 0 aromatic heterocycles. The number of hydrogen-bond donors (Lipinski definition) is 1. The number of nitrogens with zero attached hydrogens (tertiary/aromatic N) is 1. The van der Waals surface area contributed by atoms with Gasteiger partial charge in [-0.1, -0.05) is 32.9 Å². The molecule has 120 valence electrons. The lowest BCUT2D eigenvalue weighted by atomic mass is 9.91. The first-order chi connectivity index (χ1) is 10.4. The Morgan fingerprint density at radius 2 is 2.18 bits per heavy atom. The van der Waals surface area contributed by atoms with Gasteiger partial charge in [-0.25, -0.2) is 0 Å². The molecule has 1 aromatic rings. The minimum absolute atomic E-state index is 0.232. The molecule has 1 aromatic carbocycles. The average Bonchev–Trinajstić information content (AvgIpc) is 2.89. The molecule has 3 heteroatoms. The van der Waals surface area contributed by atoms with Gasteiger partial charge in [0.1, 0.15) is 0 Å². The summed E-state index contributed by atoms with van der Waals surface area (Å²) in [6.07, 6.45) is 4.78. The fourth-order valence-corrected chi connectivity index (χ4v) is 3.63. The second kappa shape index (κ2) is 6.04. The molecule has 0 saturated carbocycles. The Bertz CT molecular complexity index is 553. The van der Waals surface area contributed by atoms with Crippen LogP contribution < -0.4 is 10.2 Å². The Hall–Kier alpha value is -1.35. The fourth-order valence-electron chi connectivity index (χ4n) is 3.63. The van der Waals surface area contributed by atoms with E-state index in [-0.39, 0.29) is 11.3 Å². The van der Waals surface area contributed by atoms with E-state index >= 15 is 0 Å². The Labute approximate surface area is 134 Å². The molecule has 3 rings (SSSR count). The molecule has 3 nitrogen and oxygen atoms in total. The van der Waals surface area contributed by atoms with E-state index in [9.17, 15) is 4.79 Å². The molecule has 2 aliphatic heterocycles. The summed E-state index contributed by atoms with van der Waals surface area (Å²) in [5.74, 6) is 0.996. The summed E-state index contributed by atoms with van der Waals surface area (Å²) >= 11 is 0. The minimum Gasteiger partial charge on any atom is -0.316 e. The van der Waals surface area contributed by atoms with Crippen LogP contribution in [0.2, 0.25) is 0 Å². The number of carbonyl (C=O) groups is 1. The van der Waals surface area contributed by atoms with Gasteiger partial charge in [-0.3, -0.25) is 4.79 Å². The first kappa shape index (κ1) is 15.5. The monoisotopic (exact) mass is 300 g/mol. The summed E-state index contributed by atoms with van der Waals surface area (Å²) in [6, 6.07) is 6.72. The van der Waals surface area contributed by atoms with Crippen molar-refractivity contribution in [3.05, 3.63) is 29.3 Å². The lowest BCUT2D eigenvalue weighted by Gasteiger charge is -2.26. The summed E-state index contributed by atoms with van der Waals surface area (Å²) < 4.78 is 0. The molecule has 2 heterocycles. The van der Waals surface area contributed by atoms with Gasteiger partial charge >= 0.3 is 0 Å². The van der Waals surface area contributed by atoms with Crippen LogP contribution in [0.4, 0.5) is 5.69 Å². The normalized spacial score (nSPS) is 21.8. The number of fused-ring (bicyclic) bond motifs is 1. The van der Waals surface area contributed by atoms with Crippen LogP contribution in [0, 0.1) is 11.3 Å². The maximum absolute atomic E-state index is 12.5. The average molecular weight is 300 g/mol. The zero-order valence-corrected chi connectivity index (χ0v) is 14.1. The van der Waals surface area contributed by atoms with E-state index in [0.29, 0.717) is 0 Å². The number of rotatable bonds is 2. The highest BCUT2D eigenvalue weighted by molar-refractivity contribution is 5.98. The molecule has 0 aliphatic carbocycles. The van der Waals surface area contributed by atoms with E-state index in [1.165, 1.54) is 30.5 Å². The number of carbonyl (C=O) groups excluding carboxylic acids is 1. The maximum atomic E-state index is 12.5. The van der Waals surface area contributed by atoms with Gasteiger partial charge in [-0.2, -0.15) is 0 Å². The quantitative estimate of drug-likeness (QED) is 0.910. The second-order valence-electron chi connectivity index (χ2n) is 7.84. The molecular weight excluding hydrogens is 272 g/mol. The highest BCUT2D eigenvalue weighted by Gasteiger charge is 2.32. The largest absolute Gasteiger partial charge is 0.316 e. The van der Waals surface area contributed by atoms with Crippen LogP contribution in [-0.4, -0.2) is 25.5 Å². The van der Waals surface area contributed by atoms with Crippen molar-refractivity contribution in [3.63, 3.8) is 0 Å². The van der Waals surface area contributed by atoms with E-state index < -0.39 is 0 Å². The van der Waals surface area contributed by atoms with Crippen LogP contribution in [0.3, 0.4) is 0 Å². The predicted octanol–water partition coefficient (Wildman–Crippen LogP) is 3.16. The van der Waals surface area contributed by atoms with Crippen molar-refractivity contribution in [2.24, 2.45) is 11.3 Å². The topological polar surface area (TPSA) is 32.3 Å². The number of benzene rings is 1. The summed E-state index contributed by atoms with van der Waals surface area (Å²) in [4.78, 5) is 14.5. The van der Waals surface area contributed by atoms with E-state index in [0.717, 1.165) is 37.5 Å². The minimum atomic E-state index is -0.311. The molecular formula is C19H28N2O. The molecule has 0 spiro atoms. The van der Waals surface area contributed by atoms with E-state index in [1.807, 2.05) is 25.7 Å². The summed E-state index contributed by atoms with van der Waals surface area (Å²) in [5, 5.41) is 3.49. The van der Waals surface area contributed by atoms with Crippen molar-refractivity contribution >= 4 is 11.6 Å². The first-order valence-corrected chi connectivity index (χ1v) is 8.59. The number of hydrogen-bond acceptors (Lipinski definition) is 2. The Morgan fingerprint density at radius 1 is 1.36 bits per heavy atom. The maximum Gasteiger partial charge on any atom is 0.232 e. The van der Waals surface area contributed by atoms with Crippen LogP contribution >= 0.6 is 0 Å². The highest BCUT2D eigenvalue weighted by Crippen LogP contribution is 2.33. The second-order valence-corrected chi connectivity index (χ2v) is 7.84. The zero-order chi connectivity index (χ0) is 15.7. The number of anilines is 1. The molecule has 1 N–H and O–H groups in total. The van der Waals surface area contributed by atoms with Crippen molar-refractivity contribution < 1.29 is 4.79 Å². The summed E-state index contributed by atoms with van der Waals surface area (Å²) in [7, 11) is 0. The van der Waals surface area contributed by atoms with Gasteiger partial charge in [0.2, 0.25) is 5.91 Å². The van der Waals surface area contributed by atoms with Crippen molar-refractivity contribution in [2.75, 3.05) is 24.5 Å². The first-order valence-electron chi connectivity index (χ1n) is 8.59. The van der Waals surface area contributed by atoms with Crippen LogP contribution in [0.1, 0.15) is 44.7 Å². The molecule has 1 fully saturated rings. The van der Waals surface area contributed by atoms with Crippen LogP contribution in [-0.2, 0) is 17.6 Å². The smallest absolute Gasteiger partial charge is 0.232 e. The standard InChI is InChI=1S/C19H28N2O/c1-19(2,3)18(22)21-10-8-16-12-14(6-7-17(16)21)11-15-5-4-9-20-13-15/h6-7,12,15,20H,4-5,8-11,13H2,1-3H3. The molecule has 1 atom stereocenters. The summed E-state index contributed by atoms with van der Waals surface area (Å²) in [6.45, 7) is 9.14. The van der Waals surface area contributed by atoms with Crippen molar-refractivity contribution in [1.82, 2.24) is 5.32 Å². The third kappa shape index (κ3) is 3.19. The van der Waals surface area contributed by atoms with Crippen LogP contribution in [0.25, 0.3) is 0 Å². The Morgan fingerprint density at radius 3 is 2.86 bits per heavy atom. The third-order valence-corrected chi connectivity index (χ3v) is 4.85. The Balaban J connectivity index is 1.74. The van der Waals surface area contributed by atoms with E-state index in [2.05, 4.69) is 23.5 Å². The summed E-state index contributed by atoms with van der Waals surface area (Å²) in [5.41, 5.74) is 3.59. The van der Waals surface area contributed by atoms with Gasteiger partial charge in [0.25, 0.3) is 0 Å². The van der Waals surface area contributed by atoms with Gasteiger partial charge < -0.3 is 10.2 Å². The van der Waals surface area contributed by atoms with Gasteiger partial charge in [-0.15, -0.1) is 0 Å². The van der Waals surface area contributed by atoms with Crippen molar-refractivity contribution in [3.8, 4) is 0 Å².